The standard InChI is InChI=1S/C9H9NO2/c10-4-3-7-1-2-8-9(5-7)12-6-11-8/h1-2,4-5,10H,3,6H2. The predicted molar refractivity (Wildman–Crippen MR) is 45.1 cm³/mol. The molecule has 0 saturated carbocycles. The van der Waals surface area contributed by atoms with Crippen LogP contribution in [0.15, 0.2) is 18.2 Å². The molecule has 2 rings (SSSR count). The lowest BCUT2D eigenvalue weighted by molar-refractivity contribution is 0.174. The van der Waals surface area contributed by atoms with Gasteiger partial charge in [0.05, 0.1) is 0 Å². The maximum absolute atomic E-state index is 6.94. The van der Waals surface area contributed by atoms with E-state index in [0.29, 0.717) is 13.2 Å². The van der Waals surface area contributed by atoms with E-state index in [1.54, 1.807) is 0 Å². The molecule has 1 heterocycles. The summed E-state index contributed by atoms with van der Waals surface area (Å²) >= 11 is 0. The van der Waals surface area contributed by atoms with E-state index < -0.39 is 0 Å². The molecule has 0 amide bonds. The SMILES string of the molecule is N=CCc1ccc2c(c1)OCO2. The maximum atomic E-state index is 6.94. The first kappa shape index (κ1) is 7.16. The average Bonchev–Trinajstić information content (AvgIpc) is 2.51. The molecule has 0 bridgehead atoms. The van der Waals surface area contributed by atoms with Gasteiger partial charge in [-0.3, -0.25) is 0 Å². The van der Waals surface area contributed by atoms with Crippen LogP contribution in [0.3, 0.4) is 0 Å². The van der Waals surface area contributed by atoms with Gasteiger partial charge in [-0.15, -0.1) is 0 Å². The molecule has 0 fully saturated rings. The van der Waals surface area contributed by atoms with Crippen LogP contribution in [-0.2, 0) is 6.42 Å². The van der Waals surface area contributed by atoms with Crippen molar-refractivity contribution in [1.82, 2.24) is 0 Å². The predicted octanol–water partition coefficient (Wildman–Crippen LogP) is 1.61. The summed E-state index contributed by atoms with van der Waals surface area (Å²) in [4.78, 5) is 0. The van der Waals surface area contributed by atoms with E-state index >= 15 is 0 Å². The third-order valence-corrected chi connectivity index (χ3v) is 1.77. The van der Waals surface area contributed by atoms with Crippen LogP contribution in [0.1, 0.15) is 5.56 Å². The molecule has 0 unspecified atom stereocenters. The zero-order valence-electron chi connectivity index (χ0n) is 6.54. The summed E-state index contributed by atoms with van der Waals surface area (Å²) in [6.45, 7) is 0.309. The van der Waals surface area contributed by atoms with Gasteiger partial charge in [0.15, 0.2) is 11.5 Å². The first-order valence-corrected chi connectivity index (χ1v) is 3.77. The van der Waals surface area contributed by atoms with Crippen molar-refractivity contribution in [3.05, 3.63) is 23.8 Å². The van der Waals surface area contributed by atoms with Gasteiger partial charge in [0.25, 0.3) is 0 Å². The van der Waals surface area contributed by atoms with Gasteiger partial charge >= 0.3 is 0 Å². The quantitative estimate of drug-likeness (QED) is 0.673. The van der Waals surface area contributed by atoms with Crippen molar-refractivity contribution in [1.29, 1.82) is 5.41 Å². The van der Waals surface area contributed by atoms with Crippen molar-refractivity contribution in [3.8, 4) is 11.5 Å². The molecule has 0 saturated heterocycles. The van der Waals surface area contributed by atoms with Crippen LogP contribution in [0.4, 0.5) is 0 Å². The summed E-state index contributed by atoms with van der Waals surface area (Å²) in [5, 5.41) is 6.94. The molecule has 1 aromatic rings. The minimum Gasteiger partial charge on any atom is -0.454 e. The van der Waals surface area contributed by atoms with Crippen molar-refractivity contribution in [2.24, 2.45) is 0 Å². The lowest BCUT2D eigenvalue weighted by atomic mass is 10.1. The smallest absolute Gasteiger partial charge is 0.231 e. The van der Waals surface area contributed by atoms with Crippen molar-refractivity contribution in [2.45, 2.75) is 6.42 Å². The number of hydrogen-bond donors (Lipinski definition) is 1. The first-order chi connectivity index (χ1) is 5.90. The highest BCUT2D eigenvalue weighted by atomic mass is 16.7. The summed E-state index contributed by atoms with van der Waals surface area (Å²) in [7, 11) is 0. The fourth-order valence-corrected chi connectivity index (χ4v) is 1.19. The Hall–Kier alpha value is -1.51. The van der Waals surface area contributed by atoms with Gasteiger partial charge in [0.2, 0.25) is 6.79 Å². The van der Waals surface area contributed by atoms with Crippen molar-refractivity contribution < 1.29 is 9.47 Å². The van der Waals surface area contributed by atoms with E-state index in [1.165, 1.54) is 6.21 Å². The topological polar surface area (TPSA) is 42.3 Å². The fourth-order valence-electron chi connectivity index (χ4n) is 1.19. The fraction of sp³-hybridized carbons (Fsp3) is 0.222. The lowest BCUT2D eigenvalue weighted by Crippen LogP contribution is -1.92. The second kappa shape index (κ2) is 2.85. The number of hydrogen-bond acceptors (Lipinski definition) is 3. The van der Waals surface area contributed by atoms with E-state index in [9.17, 15) is 0 Å². The number of ether oxygens (including phenoxy) is 2. The second-order valence-electron chi connectivity index (χ2n) is 2.60. The molecule has 1 aromatic carbocycles. The van der Waals surface area contributed by atoms with E-state index in [-0.39, 0.29) is 0 Å². The summed E-state index contributed by atoms with van der Waals surface area (Å²) in [5.74, 6) is 1.58. The summed E-state index contributed by atoms with van der Waals surface area (Å²) < 4.78 is 10.3. The average molecular weight is 163 g/mol. The van der Waals surface area contributed by atoms with E-state index in [1.807, 2.05) is 18.2 Å². The number of nitrogens with one attached hydrogen (secondary N) is 1. The Morgan fingerprint density at radius 3 is 3.00 bits per heavy atom. The molecular weight excluding hydrogens is 154 g/mol. The molecule has 0 spiro atoms. The highest BCUT2D eigenvalue weighted by molar-refractivity contribution is 5.59. The van der Waals surface area contributed by atoms with E-state index in [2.05, 4.69) is 0 Å². The van der Waals surface area contributed by atoms with Gasteiger partial charge < -0.3 is 14.9 Å². The molecule has 3 nitrogen and oxygen atoms in total. The monoisotopic (exact) mass is 163 g/mol. The zero-order valence-corrected chi connectivity index (χ0v) is 6.54. The van der Waals surface area contributed by atoms with Crippen molar-refractivity contribution >= 4 is 6.21 Å². The third kappa shape index (κ3) is 1.13. The normalized spacial score (nSPS) is 13.0. The third-order valence-electron chi connectivity index (χ3n) is 1.77. The van der Waals surface area contributed by atoms with Gasteiger partial charge in [-0.2, -0.15) is 0 Å². The molecule has 3 heteroatoms. The second-order valence-corrected chi connectivity index (χ2v) is 2.60. The molecule has 62 valence electrons. The Bertz CT molecular complexity index is 309. The largest absolute Gasteiger partial charge is 0.454 e. The number of rotatable bonds is 2. The van der Waals surface area contributed by atoms with Crippen molar-refractivity contribution in [3.63, 3.8) is 0 Å². The highest BCUT2D eigenvalue weighted by Gasteiger charge is 2.12. The Morgan fingerprint density at radius 2 is 2.17 bits per heavy atom. The summed E-state index contributed by atoms with van der Waals surface area (Å²) in [6, 6.07) is 5.73. The van der Waals surface area contributed by atoms with Crippen LogP contribution in [0.2, 0.25) is 0 Å². The molecular formula is C9H9NO2. The molecule has 12 heavy (non-hydrogen) atoms. The van der Waals surface area contributed by atoms with Crippen LogP contribution in [0.25, 0.3) is 0 Å². The summed E-state index contributed by atoms with van der Waals surface area (Å²) in [6.07, 6.45) is 2.02. The first-order valence-electron chi connectivity index (χ1n) is 3.77. The minimum absolute atomic E-state index is 0.309. The number of fused-ring (bicyclic) bond motifs is 1. The van der Waals surface area contributed by atoms with Crippen LogP contribution < -0.4 is 9.47 Å². The maximum Gasteiger partial charge on any atom is 0.231 e. The van der Waals surface area contributed by atoms with Gasteiger partial charge in [-0.05, 0) is 23.9 Å². The molecule has 1 N–H and O–H groups in total. The Balaban J connectivity index is 2.32. The molecule has 0 radical (unpaired) electrons. The van der Waals surface area contributed by atoms with Crippen LogP contribution >= 0.6 is 0 Å². The van der Waals surface area contributed by atoms with Gasteiger partial charge in [-0.25, -0.2) is 0 Å². The summed E-state index contributed by atoms with van der Waals surface area (Å²) in [5.41, 5.74) is 1.08. The molecule has 0 aromatic heterocycles. The van der Waals surface area contributed by atoms with Crippen LogP contribution in [0, 0.1) is 5.41 Å². The number of benzene rings is 1. The van der Waals surface area contributed by atoms with E-state index in [4.69, 9.17) is 14.9 Å². The van der Waals surface area contributed by atoms with Crippen molar-refractivity contribution in [2.75, 3.05) is 6.79 Å². The molecule has 1 aliphatic rings. The molecule has 1 aliphatic heterocycles. The Morgan fingerprint density at radius 1 is 1.33 bits per heavy atom. The highest BCUT2D eigenvalue weighted by Crippen LogP contribution is 2.32. The van der Waals surface area contributed by atoms with Gasteiger partial charge in [0, 0.05) is 6.42 Å². The van der Waals surface area contributed by atoms with Gasteiger partial charge in [-0.1, -0.05) is 6.07 Å². The molecule has 0 aliphatic carbocycles. The van der Waals surface area contributed by atoms with Crippen LogP contribution in [-0.4, -0.2) is 13.0 Å². The van der Waals surface area contributed by atoms with E-state index in [0.717, 1.165) is 17.1 Å². The Kier molecular flexibility index (Phi) is 1.70. The molecule has 0 atom stereocenters. The Labute approximate surface area is 70.4 Å². The van der Waals surface area contributed by atoms with Gasteiger partial charge in [0.1, 0.15) is 0 Å². The lowest BCUT2D eigenvalue weighted by Gasteiger charge is -1.98. The zero-order chi connectivity index (χ0) is 8.39. The minimum atomic E-state index is 0.309. The van der Waals surface area contributed by atoms with Crippen LogP contribution in [0.5, 0.6) is 11.5 Å².